The molecule has 0 saturated carbocycles. The number of hydrogen-bond acceptors (Lipinski definition) is 6. The highest BCUT2D eigenvalue weighted by molar-refractivity contribution is 5.81. The second-order valence-corrected chi connectivity index (χ2v) is 4.64. The number of nitrogens with one attached hydrogen (secondary N) is 1. The summed E-state index contributed by atoms with van der Waals surface area (Å²) in [6, 6.07) is 4.39. The molecule has 0 atom stereocenters. The van der Waals surface area contributed by atoms with E-state index in [2.05, 4.69) is 10.3 Å². The molecule has 0 spiro atoms. The highest BCUT2D eigenvalue weighted by Gasteiger charge is 2.19. The third-order valence-electron chi connectivity index (χ3n) is 2.65. The first-order valence-electron chi connectivity index (χ1n) is 6.48. The first-order chi connectivity index (χ1) is 9.88. The topological polar surface area (TPSA) is 112 Å². The maximum Gasteiger partial charge on any atom is 0.305 e. The number of likely N-dealkylation sites (N-methyl/N-ethyl adjacent to an activating group) is 1. The quantitative estimate of drug-likeness (QED) is 0.622. The molecule has 0 aliphatic rings. The van der Waals surface area contributed by atoms with Crippen molar-refractivity contribution < 1.29 is 9.72 Å². The molecule has 8 nitrogen and oxygen atoms in total. The molecule has 0 unspecified atom stereocenters. The van der Waals surface area contributed by atoms with Crippen molar-refractivity contribution in [1.82, 2.24) is 10.3 Å². The number of carbonyl (C=O) groups is 1. The van der Waals surface area contributed by atoms with Crippen LogP contribution in [0.15, 0.2) is 12.1 Å². The minimum atomic E-state index is -0.656. The Morgan fingerprint density at radius 1 is 1.57 bits per heavy atom. The predicted octanol–water partition coefficient (Wildman–Crippen LogP) is 1.21. The molecule has 1 heterocycles. The van der Waals surface area contributed by atoms with Crippen LogP contribution in [0, 0.1) is 21.4 Å². The second kappa shape index (κ2) is 7.19. The van der Waals surface area contributed by atoms with Gasteiger partial charge in [-0.1, -0.05) is 0 Å². The molecule has 1 aromatic heterocycles. The molecule has 0 aliphatic carbocycles. The fourth-order valence-electron chi connectivity index (χ4n) is 1.74. The van der Waals surface area contributed by atoms with E-state index in [0.29, 0.717) is 12.4 Å². The molecule has 0 saturated heterocycles. The lowest BCUT2D eigenvalue weighted by molar-refractivity contribution is -0.385. The Morgan fingerprint density at radius 3 is 2.71 bits per heavy atom. The van der Waals surface area contributed by atoms with Gasteiger partial charge < -0.3 is 10.2 Å². The first-order valence-corrected chi connectivity index (χ1v) is 6.48. The van der Waals surface area contributed by atoms with Crippen molar-refractivity contribution in [3.05, 3.63) is 27.9 Å². The number of nitriles is 1. The van der Waals surface area contributed by atoms with E-state index in [1.165, 1.54) is 12.1 Å². The van der Waals surface area contributed by atoms with Crippen molar-refractivity contribution in [2.75, 3.05) is 18.0 Å². The SMILES string of the molecule is CCN(CC(=O)NC(C)C)c1ccc([N+](=O)[O-])c(C#N)n1. The van der Waals surface area contributed by atoms with E-state index in [9.17, 15) is 14.9 Å². The Hall–Kier alpha value is -2.69. The van der Waals surface area contributed by atoms with Gasteiger partial charge in [-0.2, -0.15) is 5.26 Å². The van der Waals surface area contributed by atoms with Crippen LogP contribution in [0.25, 0.3) is 0 Å². The minimum absolute atomic E-state index is 0.0238. The van der Waals surface area contributed by atoms with Crippen molar-refractivity contribution in [3.8, 4) is 6.07 Å². The minimum Gasteiger partial charge on any atom is -0.352 e. The molecule has 21 heavy (non-hydrogen) atoms. The van der Waals surface area contributed by atoms with Gasteiger partial charge in [-0.25, -0.2) is 4.98 Å². The average Bonchev–Trinajstić information content (AvgIpc) is 2.43. The van der Waals surface area contributed by atoms with E-state index in [1.807, 2.05) is 20.8 Å². The number of anilines is 1. The molecular weight excluding hydrogens is 274 g/mol. The van der Waals surface area contributed by atoms with E-state index >= 15 is 0 Å². The van der Waals surface area contributed by atoms with E-state index in [1.54, 1.807) is 11.0 Å². The van der Waals surface area contributed by atoms with Crippen LogP contribution in [-0.2, 0) is 4.79 Å². The summed E-state index contributed by atoms with van der Waals surface area (Å²) in [6.45, 7) is 6.10. The van der Waals surface area contributed by atoms with Gasteiger partial charge in [0.25, 0.3) is 0 Å². The lowest BCUT2D eigenvalue weighted by Crippen LogP contribution is -2.40. The molecule has 0 aliphatic heterocycles. The summed E-state index contributed by atoms with van der Waals surface area (Å²) in [5.41, 5.74) is -0.607. The van der Waals surface area contributed by atoms with Crippen molar-refractivity contribution >= 4 is 17.4 Å². The molecular formula is C13H17N5O3. The Bertz CT molecular complexity index is 580. The highest BCUT2D eigenvalue weighted by Crippen LogP contribution is 2.20. The molecule has 0 radical (unpaired) electrons. The van der Waals surface area contributed by atoms with Gasteiger partial charge in [0.1, 0.15) is 11.9 Å². The van der Waals surface area contributed by atoms with Gasteiger partial charge in [0.05, 0.1) is 11.5 Å². The summed E-state index contributed by atoms with van der Waals surface area (Å²) in [4.78, 5) is 27.5. The summed E-state index contributed by atoms with van der Waals surface area (Å²) < 4.78 is 0. The molecule has 1 amide bonds. The van der Waals surface area contributed by atoms with Crippen LogP contribution in [-0.4, -0.2) is 34.9 Å². The third-order valence-corrected chi connectivity index (χ3v) is 2.65. The predicted molar refractivity (Wildman–Crippen MR) is 76.8 cm³/mol. The molecule has 112 valence electrons. The van der Waals surface area contributed by atoms with Crippen LogP contribution in [0.2, 0.25) is 0 Å². The average molecular weight is 291 g/mol. The van der Waals surface area contributed by atoms with Gasteiger partial charge in [0, 0.05) is 18.7 Å². The number of nitrogens with zero attached hydrogens (tertiary/aromatic N) is 4. The fraction of sp³-hybridized carbons (Fsp3) is 0.462. The Kier molecular flexibility index (Phi) is 5.60. The monoisotopic (exact) mass is 291 g/mol. The number of amides is 1. The zero-order valence-corrected chi connectivity index (χ0v) is 12.2. The molecule has 0 aromatic carbocycles. The molecule has 1 rings (SSSR count). The number of rotatable bonds is 6. The Balaban J connectivity index is 2.99. The molecule has 0 bridgehead atoms. The van der Waals surface area contributed by atoms with Gasteiger partial charge >= 0.3 is 5.69 Å². The number of nitro groups is 1. The van der Waals surface area contributed by atoms with Gasteiger partial charge in [-0.15, -0.1) is 0 Å². The van der Waals surface area contributed by atoms with Gasteiger partial charge in [0.15, 0.2) is 0 Å². The normalized spacial score (nSPS) is 10.0. The van der Waals surface area contributed by atoms with Gasteiger partial charge in [-0.3, -0.25) is 14.9 Å². The lowest BCUT2D eigenvalue weighted by atomic mass is 10.3. The van der Waals surface area contributed by atoms with Gasteiger partial charge in [-0.05, 0) is 26.8 Å². The summed E-state index contributed by atoms with van der Waals surface area (Å²) in [7, 11) is 0. The molecule has 1 aromatic rings. The first kappa shape index (κ1) is 16.4. The summed E-state index contributed by atoms with van der Waals surface area (Å²) in [5.74, 6) is 0.184. The zero-order chi connectivity index (χ0) is 16.0. The standard InChI is InChI=1S/C13H17N5O3/c1-4-17(8-13(19)15-9(2)3)12-6-5-11(18(20)21)10(7-14)16-12/h5-6,9H,4,8H2,1-3H3,(H,15,19). The molecule has 0 fully saturated rings. The lowest BCUT2D eigenvalue weighted by Gasteiger charge is -2.22. The van der Waals surface area contributed by atoms with Crippen molar-refractivity contribution in [1.29, 1.82) is 5.26 Å². The van der Waals surface area contributed by atoms with Crippen LogP contribution >= 0.6 is 0 Å². The second-order valence-electron chi connectivity index (χ2n) is 4.64. The highest BCUT2D eigenvalue weighted by atomic mass is 16.6. The largest absolute Gasteiger partial charge is 0.352 e. The maximum atomic E-state index is 11.8. The summed E-state index contributed by atoms with van der Waals surface area (Å²) >= 11 is 0. The van der Waals surface area contributed by atoms with Crippen LogP contribution in [0.1, 0.15) is 26.5 Å². The number of carbonyl (C=O) groups excluding carboxylic acids is 1. The third kappa shape index (κ3) is 4.42. The zero-order valence-electron chi connectivity index (χ0n) is 12.2. The maximum absolute atomic E-state index is 11.8. The van der Waals surface area contributed by atoms with Crippen LogP contribution in [0.5, 0.6) is 0 Å². The van der Waals surface area contributed by atoms with E-state index in [0.717, 1.165) is 0 Å². The van der Waals surface area contributed by atoms with Crippen molar-refractivity contribution in [3.63, 3.8) is 0 Å². The molecule has 8 heteroatoms. The van der Waals surface area contributed by atoms with E-state index in [4.69, 9.17) is 5.26 Å². The van der Waals surface area contributed by atoms with Crippen LogP contribution < -0.4 is 10.2 Å². The van der Waals surface area contributed by atoms with Crippen molar-refractivity contribution in [2.45, 2.75) is 26.8 Å². The van der Waals surface area contributed by atoms with E-state index in [-0.39, 0.29) is 29.9 Å². The summed E-state index contributed by atoms with van der Waals surface area (Å²) in [6.07, 6.45) is 0. The van der Waals surface area contributed by atoms with E-state index < -0.39 is 4.92 Å². The van der Waals surface area contributed by atoms with Crippen molar-refractivity contribution in [2.24, 2.45) is 0 Å². The van der Waals surface area contributed by atoms with Crippen LogP contribution in [0.4, 0.5) is 11.5 Å². The van der Waals surface area contributed by atoms with Crippen LogP contribution in [0.3, 0.4) is 0 Å². The Labute approximate surface area is 122 Å². The smallest absolute Gasteiger partial charge is 0.305 e. The summed E-state index contributed by atoms with van der Waals surface area (Å²) in [5, 5.41) is 22.5. The molecule has 1 N–H and O–H groups in total. The fourth-order valence-corrected chi connectivity index (χ4v) is 1.74. The number of aromatic nitrogens is 1. The number of hydrogen-bond donors (Lipinski definition) is 1. The van der Waals surface area contributed by atoms with Gasteiger partial charge in [0.2, 0.25) is 11.6 Å². The Morgan fingerprint density at radius 2 is 2.24 bits per heavy atom. The number of pyridine rings is 1.